The lowest BCUT2D eigenvalue weighted by molar-refractivity contribution is -0.123. The lowest BCUT2D eigenvalue weighted by Gasteiger charge is -2.24. The van der Waals surface area contributed by atoms with E-state index in [-0.39, 0.29) is 18.0 Å². The van der Waals surface area contributed by atoms with E-state index in [1.165, 1.54) is 0 Å². The van der Waals surface area contributed by atoms with Crippen molar-refractivity contribution >= 4 is 5.91 Å². The van der Waals surface area contributed by atoms with Gasteiger partial charge in [-0.05, 0) is 30.7 Å². The van der Waals surface area contributed by atoms with Crippen molar-refractivity contribution in [2.45, 2.75) is 51.3 Å². The summed E-state index contributed by atoms with van der Waals surface area (Å²) >= 11 is 0. The molecule has 24 heavy (non-hydrogen) atoms. The number of aliphatic hydroxyl groups is 1. The Kier molecular flexibility index (Phi) is 9.60. The van der Waals surface area contributed by atoms with Crippen LogP contribution in [0.4, 0.5) is 0 Å². The summed E-state index contributed by atoms with van der Waals surface area (Å²) in [4.78, 5) is 12.2. The van der Waals surface area contributed by atoms with Gasteiger partial charge in [0.1, 0.15) is 0 Å². The molecule has 5 heteroatoms. The first kappa shape index (κ1) is 20.6. The molecule has 3 atom stereocenters. The highest BCUT2D eigenvalue weighted by atomic mass is 16.3. The molecular weight excluding hydrogens is 302 g/mol. The number of aliphatic hydroxyl groups excluding tert-OH is 1. The summed E-state index contributed by atoms with van der Waals surface area (Å²) < 4.78 is 0. The van der Waals surface area contributed by atoms with Crippen LogP contribution in [0.5, 0.6) is 0 Å². The molecule has 0 heterocycles. The van der Waals surface area contributed by atoms with Gasteiger partial charge in [-0.3, -0.25) is 4.79 Å². The predicted molar refractivity (Wildman–Crippen MR) is 98.4 cm³/mol. The molecule has 1 rings (SSSR count). The molecule has 1 aromatic carbocycles. The highest BCUT2D eigenvalue weighted by Gasteiger charge is 2.22. The largest absolute Gasteiger partial charge is 0.390 e. The second-order valence-electron chi connectivity index (χ2n) is 6.66. The van der Waals surface area contributed by atoms with E-state index in [9.17, 15) is 9.90 Å². The van der Waals surface area contributed by atoms with Gasteiger partial charge < -0.3 is 21.5 Å². The molecule has 135 valence electrons. The van der Waals surface area contributed by atoms with Gasteiger partial charge >= 0.3 is 0 Å². The quantitative estimate of drug-likeness (QED) is 0.491. The van der Waals surface area contributed by atoms with E-state index in [0.29, 0.717) is 38.3 Å². The molecule has 0 spiro atoms. The summed E-state index contributed by atoms with van der Waals surface area (Å²) in [6.07, 6.45) is 1.26. The topological polar surface area (TPSA) is 87.4 Å². The van der Waals surface area contributed by atoms with Gasteiger partial charge in [0.25, 0.3) is 0 Å². The Bertz CT molecular complexity index is 465. The molecule has 0 saturated carbocycles. The number of nitrogens with two attached hydrogens (primary N) is 1. The Morgan fingerprint density at radius 1 is 1.29 bits per heavy atom. The first-order valence-corrected chi connectivity index (χ1v) is 8.72. The maximum atomic E-state index is 12.2. The van der Waals surface area contributed by atoms with Crippen molar-refractivity contribution in [2.75, 3.05) is 13.1 Å². The minimum atomic E-state index is -0.708. The summed E-state index contributed by atoms with van der Waals surface area (Å²) in [5.74, 6) is 0.333. The number of carbonyl (C=O) groups is 1. The van der Waals surface area contributed by atoms with Crippen molar-refractivity contribution in [3.63, 3.8) is 0 Å². The minimum Gasteiger partial charge on any atom is -0.390 e. The highest BCUT2D eigenvalue weighted by Crippen LogP contribution is 2.07. The SMILES string of the molecule is [CH2]CCNC(=O)[C@@H](CC(C)C)NC[C@@H](O)[C@@H](N)Cc1ccccc1. The molecule has 0 aliphatic carbocycles. The van der Waals surface area contributed by atoms with Crippen molar-refractivity contribution in [1.29, 1.82) is 0 Å². The molecule has 0 aromatic heterocycles. The average molecular weight is 334 g/mol. The minimum absolute atomic E-state index is 0.0452. The predicted octanol–water partition coefficient (Wildman–Crippen LogP) is 1.26. The van der Waals surface area contributed by atoms with Gasteiger partial charge in [-0.15, -0.1) is 0 Å². The van der Waals surface area contributed by atoms with Gasteiger partial charge in [0.2, 0.25) is 5.91 Å². The molecule has 5 nitrogen and oxygen atoms in total. The molecule has 0 aliphatic rings. The molecule has 1 radical (unpaired) electrons. The van der Waals surface area contributed by atoms with Crippen LogP contribution in [-0.2, 0) is 11.2 Å². The normalized spacial score (nSPS) is 15.1. The monoisotopic (exact) mass is 334 g/mol. The van der Waals surface area contributed by atoms with E-state index in [1.807, 2.05) is 30.3 Å². The number of rotatable bonds is 11. The first-order chi connectivity index (χ1) is 11.4. The van der Waals surface area contributed by atoms with Crippen molar-refractivity contribution < 1.29 is 9.90 Å². The summed E-state index contributed by atoms with van der Waals surface area (Å²) in [5, 5.41) is 16.3. The van der Waals surface area contributed by atoms with Crippen molar-refractivity contribution in [1.82, 2.24) is 10.6 Å². The Morgan fingerprint density at radius 3 is 2.54 bits per heavy atom. The van der Waals surface area contributed by atoms with E-state index in [2.05, 4.69) is 31.4 Å². The third kappa shape index (κ3) is 7.90. The maximum Gasteiger partial charge on any atom is 0.237 e. The Morgan fingerprint density at radius 2 is 1.96 bits per heavy atom. The van der Waals surface area contributed by atoms with Gasteiger partial charge in [0.05, 0.1) is 12.1 Å². The van der Waals surface area contributed by atoms with Crippen LogP contribution in [-0.4, -0.2) is 42.3 Å². The Hall–Kier alpha value is -1.43. The summed E-state index contributed by atoms with van der Waals surface area (Å²) in [5.41, 5.74) is 7.19. The van der Waals surface area contributed by atoms with Crippen molar-refractivity contribution in [2.24, 2.45) is 11.7 Å². The van der Waals surface area contributed by atoms with E-state index < -0.39 is 6.10 Å². The molecule has 0 fully saturated rings. The van der Waals surface area contributed by atoms with E-state index in [1.54, 1.807) is 0 Å². The lowest BCUT2D eigenvalue weighted by Crippen LogP contribution is -2.50. The van der Waals surface area contributed by atoms with Crippen molar-refractivity contribution in [3.05, 3.63) is 42.8 Å². The fourth-order valence-corrected chi connectivity index (χ4v) is 2.53. The first-order valence-electron chi connectivity index (χ1n) is 8.72. The number of hydrogen-bond acceptors (Lipinski definition) is 4. The third-order valence-electron chi connectivity index (χ3n) is 3.88. The van der Waals surface area contributed by atoms with Gasteiger partial charge in [-0.25, -0.2) is 0 Å². The zero-order chi connectivity index (χ0) is 17.9. The number of nitrogens with one attached hydrogen (secondary N) is 2. The van der Waals surface area contributed by atoms with Crippen LogP contribution in [0, 0.1) is 12.8 Å². The average Bonchev–Trinajstić information content (AvgIpc) is 2.56. The van der Waals surface area contributed by atoms with Crippen LogP contribution in [0.1, 0.15) is 32.3 Å². The van der Waals surface area contributed by atoms with Gasteiger partial charge in [0, 0.05) is 19.1 Å². The van der Waals surface area contributed by atoms with Crippen LogP contribution in [0.3, 0.4) is 0 Å². The van der Waals surface area contributed by atoms with E-state index in [4.69, 9.17) is 5.73 Å². The third-order valence-corrected chi connectivity index (χ3v) is 3.88. The molecule has 0 unspecified atom stereocenters. The Labute approximate surface area is 146 Å². The van der Waals surface area contributed by atoms with Crippen LogP contribution < -0.4 is 16.4 Å². The van der Waals surface area contributed by atoms with E-state index in [0.717, 1.165) is 5.56 Å². The smallest absolute Gasteiger partial charge is 0.237 e. The maximum absolute atomic E-state index is 12.2. The standard InChI is InChI=1S/C19H32N3O2/c1-4-10-21-19(24)17(11-14(2)3)22-13-18(23)16(20)12-15-8-6-5-7-9-15/h5-9,14,16-18,22-23H,1,4,10-13,20H2,2-3H3,(H,21,24)/t16-,17+,18+/m0/s1. The summed E-state index contributed by atoms with van der Waals surface area (Å²) in [6, 6.07) is 9.16. The molecular formula is C19H32N3O2. The van der Waals surface area contributed by atoms with Gasteiger partial charge in [-0.1, -0.05) is 51.1 Å². The second-order valence-corrected chi connectivity index (χ2v) is 6.66. The fraction of sp³-hybridized carbons (Fsp3) is 0.579. The number of hydrogen-bond donors (Lipinski definition) is 4. The zero-order valence-electron chi connectivity index (χ0n) is 14.9. The molecule has 5 N–H and O–H groups in total. The van der Waals surface area contributed by atoms with Crippen LogP contribution in [0.2, 0.25) is 0 Å². The second kappa shape index (κ2) is 11.2. The number of carbonyl (C=O) groups excluding carboxylic acids is 1. The Balaban J connectivity index is 2.49. The molecule has 0 aliphatic heterocycles. The lowest BCUT2D eigenvalue weighted by atomic mass is 10.00. The molecule has 1 amide bonds. The van der Waals surface area contributed by atoms with E-state index >= 15 is 0 Å². The van der Waals surface area contributed by atoms with Crippen LogP contribution in [0.15, 0.2) is 30.3 Å². The fourth-order valence-electron chi connectivity index (χ4n) is 2.53. The van der Waals surface area contributed by atoms with Gasteiger partial charge in [0.15, 0.2) is 0 Å². The molecule has 1 aromatic rings. The summed E-state index contributed by atoms with van der Waals surface area (Å²) in [6.45, 7) is 8.72. The molecule has 0 saturated heterocycles. The summed E-state index contributed by atoms with van der Waals surface area (Å²) in [7, 11) is 0. The highest BCUT2D eigenvalue weighted by molar-refractivity contribution is 5.81. The van der Waals surface area contributed by atoms with Crippen LogP contribution in [0.25, 0.3) is 0 Å². The van der Waals surface area contributed by atoms with Crippen LogP contribution >= 0.6 is 0 Å². The molecule has 0 bridgehead atoms. The van der Waals surface area contributed by atoms with Crippen molar-refractivity contribution in [3.8, 4) is 0 Å². The zero-order valence-corrected chi connectivity index (χ0v) is 14.9. The number of amides is 1. The number of benzene rings is 1. The van der Waals surface area contributed by atoms with Gasteiger partial charge in [-0.2, -0.15) is 0 Å².